The molecule has 2 nitrogen and oxygen atoms in total. The first kappa shape index (κ1) is 14.3. The van der Waals surface area contributed by atoms with Crippen molar-refractivity contribution in [3.63, 3.8) is 0 Å². The van der Waals surface area contributed by atoms with Crippen molar-refractivity contribution in [3.05, 3.63) is 29.0 Å². The number of anilines is 1. The van der Waals surface area contributed by atoms with Gasteiger partial charge in [0, 0.05) is 12.2 Å². The average Bonchev–Trinajstić information content (AvgIpc) is 2.28. The molecule has 0 aromatic heterocycles. The van der Waals surface area contributed by atoms with E-state index in [-0.39, 0.29) is 10.8 Å². The molecule has 1 rings (SSSR count). The Morgan fingerprint density at radius 3 is 2.53 bits per heavy atom. The molecule has 0 spiro atoms. The van der Waals surface area contributed by atoms with Gasteiger partial charge in [0.1, 0.15) is 5.82 Å². The lowest BCUT2D eigenvalue weighted by atomic mass is 9.96. The van der Waals surface area contributed by atoms with Crippen molar-refractivity contribution in [1.82, 2.24) is 5.32 Å². The molecule has 0 heterocycles. The van der Waals surface area contributed by atoms with Crippen molar-refractivity contribution in [3.8, 4) is 0 Å². The Hall–Kier alpha value is -0.800. The zero-order valence-corrected chi connectivity index (χ0v) is 11.3. The molecule has 0 saturated carbocycles. The highest BCUT2D eigenvalue weighted by molar-refractivity contribution is 6.31. The first-order chi connectivity index (χ1) is 8.04. The molecule has 0 saturated heterocycles. The van der Waals surface area contributed by atoms with Crippen LogP contribution in [0.3, 0.4) is 0 Å². The van der Waals surface area contributed by atoms with Crippen molar-refractivity contribution in [2.45, 2.75) is 13.8 Å². The van der Waals surface area contributed by atoms with Gasteiger partial charge in [0.2, 0.25) is 0 Å². The lowest BCUT2D eigenvalue weighted by Crippen LogP contribution is -2.29. The summed E-state index contributed by atoms with van der Waals surface area (Å²) in [4.78, 5) is 0. The summed E-state index contributed by atoms with van der Waals surface area (Å²) in [5, 5.41) is 6.62. The van der Waals surface area contributed by atoms with Crippen LogP contribution in [0.2, 0.25) is 5.02 Å². The Balaban J connectivity index is 2.56. The first-order valence-corrected chi connectivity index (χ1v) is 6.26. The smallest absolute Gasteiger partial charge is 0.141 e. The van der Waals surface area contributed by atoms with E-state index in [1.807, 2.05) is 7.05 Å². The first-order valence-electron chi connectivity index (χ1n) is 5.88. The fourth-order valence-electron chi connectivity index (χ4n) is 1.66. The molecule has 0 radical (unpaired) electrons. The van der Waals surface area contributed by atoms with Crippen LogP contribution in [0.15, 0.2) is 18.2 Å². The fraction of sp³-hybridized carbons (Fsp3) is 0.538. The summed E-state index contributed by atoms with van der Waals surface area (Å²) >= 11 is 5.73. The number of hydrogen-bond donors (Lipinski definition) is 2. The predicted octanol–water partition coefficient (Wildman–Crippen LogP) is 3.38. The van der Waals surface area contributed by atoms with Gasteiger partial charge < -0.3 is 10.6 Å². The SMILES string of the molecule is CNCC(CNc1ccc(F)c(Cl)c1)C(C)C. The minimum absolute atomic E-state index is 0.157. The molecule has 4 heteroatoms. The summed E-state index contributed by atoms with van der Waals surface area (Å²) in [6.45, 7) is 6.20. The predicted molar refractivity (Wildman–Crippen MR) is 72.2 cm³/mol. The second-order valence-corrected chi connectivity index (χ2v) is 4.98. The molecule has 0 aliphatic heterocycles. The van der Waals surface area contributed by atoms with E-state index in [4.69, 9.17) is 11.6 Å². The second kappa shape index (κ2) is 6.82. The zero-order valence-electron chi connectivity index (χ0n) is 10.6. The van der Waals surface area contributed by atoms with Crippen LogP contribution >= 0.6 is 11.6 Å². The molecule has 1 aromatic carbocycles. The number of rotatable bonds is 6. The Labute approximate surface area is 108 Å². The van der Waals surface area contributed by atoms with E-state index in [0.717, 1.165) is 18.8 Å². The molecular formula is C13H20ClFN2. The van der Waals surface area contributed by atoms with Crippen LogP contribution in [0.25, 0.3) is 0 Å². The molecule has 0 aliphatic rings. The van der Waals surface area contributed by atoms with E-state index in [9.17, 15) is 4.39 Å². The Morgan fingerprint density at radius 2 is 2.00 bits per heavy atom. The molecule has 1 atom stereocenters. The van der Waals surface area contributed by atoms with Crippen molar-refractivity contribution < 1.29 is 4.39 Å². The number of hydrogen-bond acceptors (Lipinski definition) is 2. The highest BCUT2D eigenvalue weighted by atomic mass is 35.5. The van der Waals surface area contributed by atoms with Crippen LogP contribution in [-0.4, -0.2) is 20.1 Å². The summed E-state index contributed by atoms with van der Waals surface area (Å²) < 4.78 is 13.0. The highest BCUT2D eigenvalue weighted by Crippen LogP contribution is 2.20. The van der Waals surface area contributed by atoms with Gasteiger partial charge in [-0.3, -0.25) is 0 Å². The van der Waals surface area contributed by atoms with Crippen LogP contribution in [-0.2, 0) is 0 Å². The van der Waals surface area contributed by atoms with Gasteiger partial charge in [-0.15, -0.1) is 0 Å². The van der Waals surface area contributed by atoms with Gasteiger partial charge in [0.25, 0.3) is 0 Å². The maximum absolute atomic E-state index is 13.0. The molecule has 0 bridgehead atoms. The minimum Gasteiger partial charge on any atom is -0.385 e. The molecule has 17 heavy (non-hydrogen) atoms. The Kier molecular flexibility index (Phi) is 5.72. The molecular weight excluding hydrogens is 239 g/mol. The molecule has 0 fully saturated rings. The second-order valence-electron chi connectivity index (χ2n) is 4.57. The zero-order chi connectivity index (χ0) is 12.8. The number of halogens is 2. The standard InChI is InChI=1S/C13H20ClFN2/c1-9(2)10(7-16-3)8-17-11-4-5-13(15)12(14)6-11/h4-6,9-10,16-17H,7-8H2,1-3H3. The van der Waals surface area contributed by atoms with E-state index < -0.39 is 0 Å². The summed E-state index contributed by atoms with van der Waals surface area (Å²) in [6, 6.07) is 4.71. The maximum atomic E-state index is 13.0. The monoisotopic (exact) mass is 258 g/mol. The molecule has 96 valence electrons. The third-order valence-corrected chi connectivity index (χ3v) is 3.19. The topological polar surface area (TPSA) is 24.1 Å². The van der Waals surface area contributed by atoms with Crippen LogP contribution in [0, 0.1) is 17.7 Å². The lowest BCUT2D eigenvalue weighted by molar-refractivity contribution is 0.390. The van der Waals surface area contributed by atoms with Crippen LogP contribution in [0.1, 0.15) is 13.8 Å². The van der Waals surface area contributed by atoms with Gasteiger partial charge in [0.05, 0.1) is 5.02 Å². The number of nitrogens with one attached hydrogen (secondary N) is 2. The summed E-state index contributed by atoms with van der Waals surface area (Å²) in [5.41, 5.74) is 0.859. The number of benzene rings is 1. The van der Waals surface area contributed by atoms with E-state index >= 15 is 0 Å². The minimum atomic E-state index is -0.382. The van der Waals surface area contributed by atoms with Crippen molar-refractivity contribution in [2.75, 3.05) is 25.5 Å². The largest absolute Gasteiger partial charge is 0.385 e. The van der Waals surface area contributed by atoms with E-state index in [2.05, 4.69) is 24.5 Å². The molecule has 2 N–H and O–H groups in total. The van der Waals surface area contributed by atoms with Gasteiger partial charge in [-0.1, -0.05) is 25.4 Å². The van der Waals surface area contributed by atoms with Crippen LogP contribution in [0.4, 0.5) is 10.1 Å². The van der Waals surface area contributed by atoms with Gasteiger partial charge >= 0.3 is 0 Å². The van der Waals surface area contributed by atoms with E-state index in [1.54, 1.807) is 12.1 Å². The quantitative estimate of drug-likeness (QED) is 0.817. The fourth-order valence-corrected chi connectivity index (χ4v) is 1.84. The third-order valence-electron chi connectivity index (χ3n) is 2.90. The molecule has 1 aromatic rings. The van der Waals surface area contributed by atoms with Gasteiger partial charge in [0.15, 0.2) is 0 Å². The van der Waals surface area contributed by atoms with Crippen molar-refractivity contribution in [2.24, 2.45) is 11.8 Å². The highest BCUT2D eigenvalue weighted by Gasteiger charge is 2.12. The average molecular weight is 259 g/mol. The van der Waals surface area contributed by atoms with Crippen molar-refractivity contribution in [1.29, 1.82) is 0 Å². The van der Waals surface area contributed by atoms with Gasteiger partial charge in [-0.2, -0.15) is 0 Å². The summed E-state index contributed by atoms with van der Waals surface area (Å²) in [7, 11) is 1.95. The van der Waals surface area contributed by atoms with Crippen LogP contribution < -0.4 is 10.6 Å². The van der Waals surface area contributed by atoms with Crippen LogP contribution in [0.5, 0.6) is 0 Å². The third kappa shape index (κ3) is 4.52. The molecule has 0 aliphatic carbocycles. The Bertz CT molecular complexity index is 355. The lowest BCUT2D eigenvalue weighted by Gasteiger charge is -2.21. The summed E-state index contributed by atoms with van der Waals surface area (Å²) in [5.74, 6) is 0.738. The van der Waals surface area contributed by atoms with Crippen molar-refractivity contribution >= 4 is 17.3 Å². The van der Waals surface area contributed by atoms with Gasteiger partial charge in [-0.05, 0) is 43.6 Å². The maximum Gasteiger partial charge on any atom is 0.141 e. The van der Waals surface area contributed by atoms with Gasteiger partial charge in [-0.25, -0.2) is 4.39 Å². The van der Waals surface area contributed by atoms with E-state index in [0.29, 0.717) is 11.8 Å². The molecule has 0 amide bonds. The normalized spacial score (nSPS) is 12.8. The Morgan fingerprint density at radius 1 is 1.29 bits per heavy atom. The molecule has 1 unspecified atom stereocenters. The summed E-state index contributed by atoms with van der Waals surface area (Å²) in [6.07, 6.45) is 0. The van der Waals surface area contributed by atoms with E-state index in [1.165, 1.54) is 6.07 Å².